The van der Waals surface area contributed by atoms with E-state index in [2.05, 4.69) is 4.98 Å². The van der Waals surface area contributed by atoms with Gasteiger partial charge in [-0.1, -0.05) is 30.3 Å². The van der Waals surface area contributed by atoms with E-state index in [9.17, 15) is 5.11 Å². The van der Waals surface area contributed by atoms with Gasteiger partial charge in [-0.2, -0.15) is 0 Å². The van der Waals surface area contributed by atoms with Crippen molar-refractivity contribution < 1.29 is 9.84 Å². The lowest BCUT2D eigenvalue weighted by atomic mass is 10.0. The van der Waals surface area contributed by atoms with Crippen LogP contribution in [0.3, 0.4) is 0 Å². The molecular weight excluding hydrogens is 252 g/mol. The first kappa shape index (κ1) is 12.7. The van der Waals surface area contributed by atoms with Gasteiger partial charge in [0.1, 0.15) is 12.4 Å². The SMILES string of the molecule is Cn1cncc1COc1ccc2ccccc2c1CO. The van der Waals surface area contributed by atoms with Crippen LogP contribution >= 0.6 is 0 Å². The predicted molar refractivity (Wildman–Crippen MR) is 77.4 cm³/mol. The Morgan fingerprint density at radius 2 is 2.05 bits per heavy atom. The van der Waals surface area contributed by atoms with Gasteiger partial charge in [-0.25, -0.2) is 4.98 Å². The molecule has 0 spiro atoms. The minimum atomic E-state index is -0.0396. The number of fused-ring (bicyclic) bond motifs is 1. The van der Waals surface area contributed by atoms with Gasteiger partial charge in [-0.15, -0.1) is 0 Å². The Kier molecular flexibility index (Phi) is 3.39. The number of nitrogens with zero attached hydrogens (tertiary/aromatic N) is 2. The molecule has 0 saturated heterocycles. The van der Waals surface area contributed by atoms with Gasteiger partial charge >= 0.3 is 0 Å². The highest BCUT2D eigenvalue weighted by Crippen LogP contribution is 2.28. The van der Waals surface area contributed by atoms with Crippen LogP contribution in [0.2, 0.25) is 0 Å². The number of ether oxygens (including phenoxy) is 1. The molecule has 20 heavy (non-hydrogen) atoms. The van der Waals surface area contributed by atoms with E-state index >= 15 is 0 Å². The van der Waals surface area contributed by atoms with Gasteiger partial charge in [-0.3, -0.25) is 0 Å². The van der Waals surface area contributed by atoms with Crippen molar-refractivity contribution in [2.45, 2.75) is 13.2 Å². The average molecular weight is 268 g/mol. The molecular formula is C16H16N2O2. The molecule has 0 radical (unpaired) electrons. The fraction of sp³-hybridized carbons (Fsp3) is 0.188. The molecule has 2 aromatic carbocycles. The fourth-order valence-corrected chi connectivity index (χ4v) is 2.29. The van der Waals surface area contributed by atoms with Crippen LogP contribution in [0.1, 0.15) is 11.3 Å². The Bertz CT molecular complexity index is 734. The summed E-state index contributed by atoms with van der Waals surface area (Å²) in [6.45, 7) is 0.393. The highest BCUT2D eigenvalue weighted by atomic mass is 16.5. The molecule has 3 aromatic rings. The summed E-state index contributed by atoms with van der Waals surface area (Å²) in [7, 11) is 1.93. The summed E-state index contributed by atoms with van der Waals surface area (Å²) in [6.07, 6.45) is 3.52. The maximum atomic E-state index is 9.63. The van der Waals surface area contributed by atoms with E-state index in [4.69, 9.17) is 4.74 Å². The third-order valence-corrected chi connectivity index (χ3v) is 3.45. The molecule has 0 saturated carbocycles. The summed E-state index contributed by atoms with van der Waals surface area (Å²) in [6, 6.07) is 11.9. The van der Waals surface area contributed by atoms with Crippen LogP contribution in [0.15, 0.2) is 48.9 Å². The van der Waals surface area contributed by atoms with E-state index in [1.807, 2.05) is 48.0 Å². The molecule has 3 rings (SSSR count). The zero-order valence-corrected chi connectivity index (χ0v) is 11.3. The quantitative estimate of drug-likeness (QED) is 0.791. The number of aromatic nitrogens is 2. The van der Waals surface area contributed by atoms with E-state index in [0.29, 0.717) is 12.4 Å². The van der Waals surface area contributed by atoms with Crippen molar-refractivity contribution in [1.29, 1.82) is 0 Å². The molecule has 0 aliphatic carbocycles. The number of hydrogen-bond donors (Lipinski definition) is 1. The van der Waals surface area contributed by atoms with Crippen LogP contribution in [0.25, 0.3) is 10.8 Å². The highest BCUT2D eigenvalue weighted by Gasteiger charge is 2.08. The smallest absolute Gasteiger partial charge is 0.130 e. The molecule has 1 N–H and O–H groups in total. The van der Waals surface area contributed by atoms with Gasteiger partial charge in [0.05, 0.1) is 24.8 Å². The van der Waals surface area contributed by atoms with Crippen molar-refractivity contribution in [2.75, 3.05) is 0 Å². The lowest BCUT2D eigenvalue weighted by Gasteiger charge is -2.13. The molecule has 4 nitrogen and oxygen atoms in total. The van der Waals surface area contributed by atoms with Crippen LogP contribution in [0, 0.1) is 0 Å². The Labute approximate surface area is 117 Å². The Morgan fingerprint density at radius 1 is 1.20 bits per heavy atom. The third-order valence-electron chi connectivity index (χ3n) is 3.45. The van der Waals surface area contributed by atoms with E-state index in [1.165, 1.54) is 0 Å². The van der Waals surface area contributed by atoms with Gasteiger partial charge in [0.25, 0.3) is 0 Å². The number of rotatable bonds is 4. The number of hydrogen-bond acceptors (Lipinski definition) is 3. The van der Waals surface area contributed by atoms with Crippen molar-refractivity contribution in [2.24, 2.45) is 7.05 Å². The van der Waals surface area contributed by atoms with E-state index in [1.54, 1.807) is 12.5 Å². The highest BCUT2D eigenvalue weighted by molar-refractivity contribution is 5.87. The molecule has 0 unspecified atom stereocenters. The Balaban J connectivity index is 1.93. The van der Waals surface area contributed by atoms with Crippen LogP contribution < -0.4 is 4.74 Å². The van der Waals surface area contributed by atoms with Crippen LogP contribution in [-0.2, 0) is 20.3 Å². The molecule has 0 amide bonds. The summed E-state index contributed by atoms with van der Waals surface area (Å²) in [4.78, 5) is 4.06. The molecule has 4 heteroatoms. The maximum Gasteiger partial charge on any atom is 0.130 e. The van der Waals surface area contributed by atoms with Gasteiger partial charge in [0.15, 0.2) is 0 Å². The molecule has 0 atom stereocenters. The first-order valence-corrected chi connectivity index (χ1v) is 6.49. The molecule has 1 aromatic heterocycles. The van der Waals surface area contributed by atoms with Gasteiger partial charge in [-0.05, 0) is 16.8 Å². The van der Waals surface area contributed by atoms with Crippen molar-refractivity contribution >= 4 is 10.8 Å². The largest absolute Gasteiger partial charge is 0.487 e. The molecule has 0 bridgehead atoms. The first-order valence-electron chi connectivity index (χ1n) is 6.49. The van der Waals surface area contributed by atoms with Crippen molar-refractivity contribution in [3.8, 4) is 5.75 Å². The second-order valence-corrected chi connectivity index (χ2v) is 4.71. The molecule has 102 valence electrons. The van der Waals surface area contributed by atoms with Crippen molar-refractivity contribution in [3.63, 3.8) is 0 Å². The third kappa shape index (κ3) is 2.26. The number of aryl methyl sites for hydroxylation is 1. The van der Waals surface area contributed by atoms with Gasteiger partial charge < -0.3 is 14.4 Å². The Hall–Kier alpha value is -2.33. The van der Waals surface area contributed by atoms with E-state index in [0.717, 1.165) is 22.0 Å². The summed E-state index contributed by atoms with van der Waals surface area (Å²) >= 11 is 0. The van der Waals surface area contributed by atoms with Crippen LogP contribution in [-0.4, -0.2) is 14.7 Å². The standard InChI is InChI=1S/C16H16N2O2/c1-18-11-17-8-13(18)10-20-16-7-6-12-4-2-3-5-14(12)15(16)9-19/h2-8,11,19H,9-10H2,1H3. The van der Waals surface area contributed by atoms with Crippen molar-refractivity contribution in [1.82, 2.24) is 9.55 Å². The minimum Gasteiger partial charge on any atom is -0.487 e. The van der Waals surface area contributed by atoms with Gasteiger partial charge in [0.2, 0.25) is 0 Å². The fourth-order valence-electron chi connectivity index (χ4n) is 2.29. The maximum absolute atomic E-state index is 9.63. The number of benzene rings is 2. The predicted octanol–water partition coefficient (Wildman–Crippen LogP) is 2.64. The average Bonchev–Trinajstić information content (AvgIpc) is 2.89. The number of imidazole rings is 1. The zero-order valence-electron chi connectivity index (χ0n) is 11.3. The first-order chi connectivity index (χ1) is 9.79. The summed E-state index contributed by atoms with van der Waals surface area (Å²) in [5.41, 5.74) is 1.81. The summed E-state index contributed by atoms with van der Waals surface area (Å²) < 4.78 is 7.76. The number of aliphatic hydroxyl groups excluding tert-OH is 1. The summed E-state index contributed by atoms with van der Waals surface area (Å²) in [5, 5.41) is 11.8. The molecule has 0 fully saturated rings. The summed E-state index contributed by atoms with van der Waals surface area (Å²) in [5.74, 6) is 0.715. The van der Waals surface area contributed by atoms with Crippen molar-refractivity contribution in [3.05, 3.63) is 60.2 Å². The second kappa shape index (κ2) is 5.35. The van der Waals surface area contributed by atoms with Gasteiger partial charge in [0, 0.05) is 12.6 Å². The van der Waals surface area contributed by atoms with E-state index in [-0.39, 0.29) is 6.61 Å². The monoisotopic (exact) mass is 268 g/mol. The van der Waals surface area contributed by atoms with Crippen LogP contribution in [0.5, 0.6) is 5.75 Å². The van der Waals surface area contributed by atoms with Crippen LogP contribution in [0.4, 0.5) is 0 Å². The van der Waals surface area contributed by atoms with E-state index < -0.39 is 0 Å². The lowest BCUT2D eigenvalue weighted by molar-refractivity contribution is 0.258. The molecule has 0 aliphatic rings. The lowest BCUT2D eigenvalue weighted by Crippen LogP contribution is -2.03. The number of aliphatic hydroxyl groups is 1. The topological polar surface area (TPSA) is 47.3 Å². The minimum absolute atomic E-state index is 0.0396. The second-order valence-electron chi connectivity index (χ2n) is 4.71. The molecule has 1 heterocycles. The molecule has 0 aliphatic heterocycles. The zero-order chi connectivity index (χ0) is 13.9. The Morgan fingerprint density at radius 3 is 2.80 bits per heavy atom. The normalized spacial score (nSPS) is 10.9.